The zero-order valence-corrected chi connectivity index (χ0v) is 10.8. The van der Waals surface area contributed by atoms with E-state index in [2.05, 4.69) is 0 Å². The average molecular weight is 253 g/mol. The molecule has 0 aliphatic carbocycles. The maximum atomic E-state index is 13.0. The Bertz CT molecular complexity index is 420. The minimum absolute atomic E-state index is 0.264. The fourth-order valence-corrected chi connectivity index (χ4v) is 1.65. The molecule has 100 valence electrons. The van der Waals surface area contributed by atoms with Gasteiger partial charge in [0.15, 0.2) is 0 Å². The summed E-state index contributed by atoms with van der Waals surface area (Å²) < 4.78 is 13.0. The molecule has 0 fully saturated rings. The zero-order chi connectivity index (χ0) is 13.8. The van der Waals surface area contributed by atoms with Crippen molar-refractivity contribution in [1.29, 1.82) is 0 Å². The van der Waals surface area contributed by atoms with Gasteiger partial charge in [-0.15, -0.1) is 0 Å². The lowest BCUT2D eigenvalue weighted by atomic mass is 9.96. The van der Waals surface area contributed by atoms with Gasteiger partial charge in [0.1, 0.15) is 5.82 Å². The van der Waals surface area contributed by atoms with E-state index in [0.29, 0.717) is 19.4 Å². The number of carbonyl (C=O) groups is 1. The highest BCUT2D eigenvalue weighted by molar-refractivity contribution is 5.83. The molecule has 0 bridgehead atoms. The molecule has 1 rings (SSSR count). The second-order valence-corrected chi connectivity index (χ2v) is 4.79. The molecule has 0 saturated heterocycles. The Labute approximate surface area is 107 Å². The number of hydrogen-bond donors (Lipinski definition) is 2. The van der Waals surface area contributed by atoms with Crippen LogP contribution in [0.15, 0.2) is 24.3 Å². The first-order valence-corrected chi connectivity index (χ1v) is 5.88. The third-order valence-corrected chi connectivity index (χ3v) is 3.00. The number of benzene rings is 1. The first-order chi connectivity index (χ1) is 8.33. The van der Waals surface area contributed by atoms with E-state index in [4.69, 9.17) is 11.5 Å². The smallest absolute Gasteiger partial charge is 0.237 e. The van der Waals surface area contributed by atoms with Crippen molar-refractivity contribution in [3.63, 3.8) is 0 Å². The van der Waals surface area contributed by atoms with Crippen molar-refractivity contribution in [2.75, 3.05) is 18.5 Å². The Morgan fingerprint density at radius 2 is 2.17 bits per heavy atom. The molecular weight excluding hydrogens is 233 g/mol. The summed E-state index contributed by atoms with van der Waals surface area (Å²) in [7, 11) is 1.87. The number of carbonyl (C=O) groups excluding carboxylic acids is 1. The highest BCUT2D eigenvalue weighted by Crippen LogP contribution is 2.15. The Balaban J connectivity index is 2.47. The molecule has 18 heavy (non-hydrogen) atoms. The number of nitrogens with two attached hydrogens (primary N) is 2. The number of primary amides is 1. The molecule has 5 heteroatoms. The lowest BCUT2D eigenvalue weighted by Gasteiger charge is -2.23. The number of halogens is 1. The molecule has 1 amide bonds. The molecule has 1 aromatic carbocycles. The van der Waals surface area contributed by atoms with Crippen molar-refractivity contribution in [2.45, 2.75) is 25.3 Å². The minimum atomic E-state index is -0.983. The SMILES string of the molecule is CN(CCCC(C)(N)C(N)=O)c1cccc(F)c1. The summed E-state index contributed by atoms with van der Waals surface area (Å²) in [5, 5.41) is 0. The maximum Gasteiger partial charge on any atom is 0.237 e. The lowest BCUT2D eigenvalue weighted by molar-refractivity contribution is -0.122. The zero-order valence-electron chi connectivity index (χ0n) is 10.8. The molecule has 0 saturated carbocycles. The van der Waals surface area contributed by atoms with E-state index < -0.39 is 11.4 Å². The van der Waals surface area contributed by atoms with Gasteiger partial charge in [0, 0.05) is 19.3 Å². The van der Waals surface area contributed by atoms with Crippen LogP contribution in [0.5, 0.6) is 0 Å². The van der Waals surface area contributed by atoms with Crippen LogP contribution in [-0.2, 0) is 4.79 Å². The summed E-state index contributed by atoms with van der Waals surface area (Å²) in [4.78, 5) is 13.0. The summed E-state index contributed by atoms with van der Waals surface area (Å²) in [5.41, 5.74) is 10.8. The van der Waals surface area contributed by atoms with Crippen LogP contribution in [0.25, 0.3) is 0 Å². The van der Waals surface area contributed by atoms with E-state index in [9.17, 15) is 9.18 Å². The summed E-state index contributed by atoms with van der Waals surface area (Å²) in [6, 6.07) is 6.37. The van der Waals surface area contributed by atoms with Crippen LogP contribution >= 0.6 is 0 Å². The molecule has 0 aliphatic heterocycles. The van der Waals surface area contributed by atoms with Gasteiger partial charge in [-0.25, -0.2) is 4.39 Å². The predicted molar refractivity (Wildman–Crippen MR) is 70.7 cm³/mol. The standard InChI is InChI=1S/C13H20FN3O/c1-13(16,12(15)18)7-4-8-17(2)11-6-3-5-10(14)9-11/h3,5-6,9H,4,7-8,16H2,1-2H3,(H2,15,18). The number of amides is 1. The molecule has 0 aliphatic rings. The summed E-state index contributed by atoms with van der Waals surface area (Å²) in [6.07, 6.45) is 1.21. The van der Waals surface area contributed by atoms with Gasteiger partial charge in [-0.2, -0.15) is 0 Å². The van der Waals surface area contributed by atoms with E-state index >= 15 is 0 Å². The van der Waals surface area contributed by atoms with Crippen molar-refractivity contribution in [3.05, 3.63) is 30.1 Å². The van der Waals surface area contributed by atoms with Gasteiger partial charge in [-0.1, -0.05) is 6.07 Å². The summed E-state index contributed by atoms with van der Waals surface area (Å²) >= 11 is 0. The van der Waals surface area contributed by atoms with Crippen LogP contribution in [0.1, 0.15) is 19.8 Å². The monoisotopic (exact) mass is 253 g/mol. The van der Waals surface area contributed by atoms with Crippen molar-refractivity contribution in [3.8, 4) is 0 Å². The topological polar surface area (TPSA) is 72.3 Å². The molecule has 0 spiro atoms. The van der Waals surface area contributed by atoms with Crippen molar-refractivity contribution >= 4 is 11.6 Å². The Kier molecular flexibility index (Phi) is 4.67. The third-order valence-electron chi connectivity index (χ3n) is 3.00. The van der Waals surface area contributed by atoms with E-state index in [-0.39, 0.29) is 5.82 Å². The second-order valence-electron chi connectivity index (χ2n) is 4.79. The minimum Gasteiger partial charge on any atom is -0.375 e. The first kappa shape index (κ1) is 14.4. The predicted octanol–water partition coefficient (Wildman–Crippen LogP) is 1.24. The number of hydrogen-bond acceptors (Lipinski definition) is 3. The molecule has 0 radical (unpaired) electrons. The fraction of sp³-hybridized carbons (Fsp3) is 0.462. The molecule has 0 heterocycles. The molecule has 1 aromatic rings. The summed E-state index contributed by atoms with van der Waals surface area (Å²) in [6.45, 7) is 2.31. The van der Waals surface area contributed by atoms with E-state index in [0.717, 1.165) is 5.69 Å². The van der Waals surface area contributed by atoms with Crippen LogP contribution in [0.4, 0.5) is 10.1 Å². The molecule has 1 unspecified atom stereocenters. The van der Waals surface area contributed by atoms with Crippen molar-refractivity contribution < 1.29 is 9.18 Å². The molecule has 0 aromatic heterocycles. The van der Waals surface area contributed by atoms with Gasteiger partial charge in [-0.3, -0.25) is 4.79 Å². The largest absolute Gasteiger partial charge is 0.375 e. The van der Waals surface area contributed by atoms with Crippen LogP contribution in [-0.4, -0.2) is 25.0 Å². The second kappa shape index (κ2) is 5.82. The van der Waals surface area contributed by atoms with E-state index in [1.807, 2.05) is 18.0 Å². The first-order valence-electron chi connectivity index (χ1n) is 5.88. The van der Waals surface area contributed by atoms with Gasteiger partial charge in [0.25, 0.3) is 0 Å². The van der Waals surface area contributed by atoms with Gasteiger partial charge in [0.05, 0.1) is 5.54 Å². The number of nitrogens with zero attached hydrogens (tertiary/aromatic N) is 1. The van der Waals surface area contributed by atoms with Crippen LogP contribution < -0.4 is 16.4 Å². The Morgan fingerprint density at radius 3 is 2.72 bits per heavy atom. The maximum absolute atomic E-state index is 13.0. The summed E-state index contributed by atoms with van der Waals surface area (Å²) in [5.74, 6) is -0.768. The van der Waals surface area contributed by atoms with Crippen LogP contribution in [0.2, 0.25) is 0 Å². The molecule has 4 nitrogen and oxygen atoms in total. The van der Waals surface area contributed by atoms with E-state index in [1.54, 1.807) is 13.0 Å². The molecule has 4 N–H and O–H groups in total. The average Bonchev–Trinajstić information content (AvgIpc) is 2.28. The number of rotatable bonds is 6. The lowest BCUT2D eigenvalue weighted by Crippen LogP contribution is -2.49. The quantitative estimate of drug-likeness (QED) is 0.801. The molecule has 1 atom stereocenters. The number of anilines is 1. The Morgan fingerprint density at radius 1 is 1.50 bits per heavy atom. The van der Waals surface area contributed by atoms with Gasteiger partial charge < -0.3 is 16.4 Å². The fourth-order valence-electron chi connectivity index (χ4n) is 1.65. The van der Waals surface area contributed by atoms with Crippen LogP contribution in [0, 0.1) is 5.82 Å². The normalized spacial score (nSPS) is 14.0. The highest BCUT2D eigenvalue weighted by atomic mass is 19.1. The third kappa shape index (κ3) is 4.00. The van der Waals surface area contributed by atoms with E-state index in [1.165, 1.54) is 12.1 Å². The van der Waals surface area contributed by atoms with Crippen LogP contribution in [0.3, 0.4) is 0 Å². The Hall–Kier alpha value is -1.62. The van der Waals surface area contributed by atoms with Crippen molar-refractivity contribution in [2.24, 2.45) is 11.5 Å². The van der Waals surface area contributed by atoms with Crippen molar-refractivity contribution in [1.82, 2.24) is 0 Å². The van der Waals surface area contributed by atoms with Gasteiger partial charge >= 0.3 is 0 Å². The highest BCUT2D eigenvalue weighted by Gasteiger charge is 2.24. The van der Waals surface area contributed by atoms with Gasteiger partial charge in [-0.05, 0) is 38.0 Å². The van der Waals surface area contributed by atoms with Gasteiger partial charge in [0.2, 0.25) is 5.91 Å². The molecular formula is C13H20FN3O.